The van der Waals surface area contributed by atoms with Crippen LogP contribution in [-0.4, -0.2) is 38.9 Å². The highest BCUT2D eigenvalue weighted by molar-refractivity contribution is 8.13. The average molecular weight is 330 g/mol. The summed E-state index contributed by atoms with van der Waals surface area (Å²) in [4.78, 5) is 14.4. The second kappa shape index (κ2) is 5.18. The van der Waals surface area contributed by atoms with E-state index < -0.39 is 9.05 Å². The van der Waals surface area contributed by atoms with Gasteiger partial charge in [0.15, 0.2) is 0 Å². The number of halogens is 1. The molecule has 1 aliphatic heterocycles. The van der Waals surface area contributed by atoms with Gasteiger partial charge in [-0.3, -0.25) is 4.79 Å². The van der Waals surface area contributed by atoms with E-state index in [4.69, 9.17) is 15.4 Å². The van der Waals surface area contributed by atoms with Crippen LogP contribution < -0.4 is 4.74 Å². The van der Waals surface area contributed by atoms with E-state index in [1.165, 1.54) is 31.7 Å². The summed E-state index contributed by atoms with van der Waals surface area (Å²) in [6.45, 7) is 0.741. The fourth-order valence-electron chi connectivity index (χ4n) is 3.33. The van der Waals surface area contributed by atoms with Crippen molar-refractivity contribution in [3.63, 3.8) is 0 Å². The standard InChI is InChI=1S/C14H16ClNO4S/c1-20-13-5-4-11(21(15,18)19)7-12(13)14(17)16-8-9-2-3-10(16)6-9/h4-5,7,9-10H,2-3,6,8H2,1H3. The minimum absolute atomic E-state index is 0.0855. The molecule has 114 valence electrons. The molecule has 2 bridgehead atoms. The van der Waals surface area contributed by atoms with Gasteiger partial charge in [-0.05, 0) is 43.4 Å². The van der Waals surface area contributed by atoms with E-state index in [2.05, 4.69) is 0 Å². The predicted molar refractivity (Wildman–Crippen MR) is 78.2 cm³/mol. The third-order valence-electron chi connectivity index (χ3n) is 4.35. The van der Waals surface area contributed by atoms with E-state index in [0.29, 0.717) is 11.7 Å². The monoisotopic (exact) mass is 329 g/mol. The third kappa shape index (κ3) is 2.62. The molecular formula is C14H16ClNO4S. The molecule has 2 atom stereocenters. The molecule has 2 fully saturated rings. The Bertz CT molecular complexity index is 688. The molecule has 2 aliphatic rings. The minimum Gasteiger partial charge on any atom is -0.496 e. The van der Waals surface area contributed by atoms with E-state index in [9.17, 15) is 13.2 Å². The molecule has 1 amide bonds. The number of piperidine rings is 1. The van der Waals surface area contributed by atoms with Gasteiger partial charge in [0.25, 0.3) is 15.0 Å². The Hall–Kier alpha value is -1.27. The van der Waals surface area contributed by atoms with Crippen LogP contribution in [0.5, 0.6) is 5.75 Å². The highest BCUT2D eigenvalue weighted by atomic mass is 35.7. The maximum atomic E-state index is 12.7. The lowest BCUT2D eigenvalue weighted by Crippen LogP contribution is -2.37. The lowest BCUT2D eigenvalue weighted by atomic mass is 10.1. The zero-order chi connectivity index (χ0) is 15.2. The van der Waals surface area contributed by atoms with Crippen molar-refractivity contribution in [3.8, 4) is 5.75 Å². The number of hydrogen-bond acceptors (Lipinski definition) is 4. The van der Waals surface area contributed by atoms with E-state index in [0.717, 1.165) is 19.4 Å². The van der Waals surface area contributed by atoms with E-state index in [1.54, 1.807) is 0 Å². The van der Waals surface area contributed by atoms with Gasteiger partial charge in [-0.25, -0.2) is 8.42 Å². The Kier molecular flexibility index (Phi) is 3.61. The summed E-state index contributed by atoms with van der Waals surface area (Å²) in [6.07, 6.45) is 3.23. The summed E-state index contributed by atoms with van der Waals surface area (Å²) in [5.74, 6) is 0.762. The summed E-state index contributed by atoms with van der Waals surface area (Å²) < 4.78 is 28.1. The van der Waals surface area contributed by atoms with Crippen molar-refractivity contribution in [2.45, 2.75) is 30.2 Å². The van der Waals surface area contributed by atoms with Crippen LogP contribution in [0.25, 0.3) is 0 Å². The number of ether oxygens (including phenoxy) is 1. The van der Waals surface area contributed by atoms with Gasteiger partial charge in [0.1, 0.15) is 5.75 Å². The molecule has 1 aromatic rings. The molecule has 1 heterocycles. The number of fused-ring (bicyclic) bond motifs is 2. The highest BCUT2D eigenvalue weighted by Gasteiger charge is 2.41. The highest BCUT2D eigenvalue weighted by Crippen LogP contribution is 2.39. The quantitative estimate of drug-likeness (QED) is 0.798. The first kappa shape index (κ1) is 14.7. The number of nitrogens with zero attached hydrogens (tertiary/aromatic N) is 1. The number of methoxy groups -OCH3 is 1. The van der Waals surface area contributed by atoms with Gasteiger partial charge in [-0.15, -0.1) is 0 Å². The van der Waals surface area contributed by atoms with Gasteiger partial charge in [-0.2, -0.15) is 0 Å². The minimum atomic E-state index is -3.87. The van der Waals surface area contributed by atoms with Gasteiger partial charge < -0.3 is 9.64 Å². The molecular weight excluding hydrogens is 314 g/mol. The van der Waals surface area contributed by atoms with Crippen LogP contribution in [-0.2, 0) is 9.05 Å². The van der Waals surface area contributed by atoms with Crippen LogP contribution in [0.4, 0.5) is 0 Å². The zero-order valence-corrected chi connectivity index (χ0v) is 13.2. The Morgan fingerprint density at radius 1 is 1.38 bits per heavy atom. The summed E-state index contributed by atoms with van der Waals surface area (Å²) in [6, 6.07) is 4.38. The summed E-state index contributed by atoms with van der Waals surface area (Å²) in [7, 11) is 2.94. The Balaban J connectivity index is 1.98. The predicted octanol–water partition coefficient (Wildman–Crippen LogP) is 2.25. The molecule has 1 aliphatic carbocycles. The van der Waals surface area contributed by atoms with Crippen molar-refractivity contribution >= 4 is 25.6 Å². The SMILES string of the molecule is COc1ccc(S(=O)(=O)Cl)cc1C(=O)N1CC2CCC1C2. The van der Waals surface area contributed by atoms with E-state index >= 15 is 0 Å². The lowest BCUT2D eigenvalue weighted by molar-refractivity contribution is 0.0700. The Morgan fingerprint density at radius 3 is 2.67 bits per heavy atom. The number of likely N-dealkylation sites (tertiary alicyclic amines) is 1. The molecule has 5 nitrogen and oxygen atoms in total. The van der Waals surface area contributed by atoms with Crippen molar-refractivity contribution in [1.29, 1.82) is 0 Å². The maximum absolute atomic E-state index is 12.7. The molecule has 2 unspecified atom stereocenters. The van der Waals surface area contributed by atoms with Gasteiger partial charge in [0.05, 0.1) is 17.6 Å². The molecule has 1 saturated heterocycles. The van der Waals surface area contributed by atoms with Gasteiger partial charge in [-0.1, -0.05) is 0 Å². The largest absolute Gasteiger partial charge is 0.496 e. The fourth-order valence-corrected chi connectivity index (χ4v) is 4.11. The number of carbonyl (C=O) groups is 1. The van der Waals surface area contributed by atoms with E-state index in [-0.39, 0.29) is 22.4 Å². The van der Waals surface area contributed by atoms with Crippen LogP contribution in [0.3, 0.4) is 0 Å². The maximum Gasteiger partial charge on any atom is 0.261 e. The number of hydrogen-bond donors (Lipinski definition) is 0. The van der Waals surface area contributed by atoms with Crippen molar-refractivity contribution in [2.24, 2.45) is 5.92 Å². The molecule has 0 aromatic heterocycles. The molecule has 3 rings (SSSR count). The zero-order valence-electron chi connectivity index (χ0n) is 11.6. The van der Waals surface area contributed by atoms with Gasteiger partial charge in [0.2, 0.25) is 0 Å². The van der Waals surface area contributed by atoms with Gasteiger partial charge in [0, 0.05) is 23.3 Å². The molecule has 0 radical (unpaired) electrons. The number of benzene rings is 1. The summed E-state index contributed by atoms with van der Waals surface area (Å²) >= 11 is 0. The van der Waals surface area contributed by atoms with Crippen molar-refractivity contribution in [3.05, 3.63) is 23.8 Å². The molecule has 0 spiro atoms. The van der Waals surface area contributed by atoms with E-state index in [1.807, 2.05) is 4.90 Å². The van der Waals surface area contributed by atoms with Gasteiger partial charge >= 0.3 is 0 Å². The normalized spacial score (nSPS) is 24.4. The first-order valence-corrected chi connectivity index (χ1v) is 9.14. The van der Waals surface area contributed by atoms with Crippen LogP contribution in [0.15, 0.2) is 23.1 Å². The van der Waals surface area contributed by atoms with Crippen molar-refractivity contribution in [1.82, 2.24) is 4.90 Å². The fraction of sp³-hybridized carbons (Fsp3) is 0.500. The third-order valence-corrected chi connectivity index (χ3v) is 5.70. The van der Waals surface area contributed by atoms with Crippen LogP contribution in [0, 0.1) is 5.92 Å². The second-order valence-corrected chi connectivity index (χ2v) is 8.16. The molecule has 0 N–H and O–H groups in total. The summed E-state index contributed by atoms with van der Waals surface area (Å²) in [5, 5.41) is 0. The Morgan fingerprint density at radius 2 is 2.14 bits per heavy atom. The molecule has 21 heavy (non-hydrogen) atoms. The number of carbonyl (C=O) groups excluding carboxylic acids is 1. The number of amides is 1. The molecule has 7 heteroatoms. The smallest absolute Gasteiger partial charge is 0.261 e. The topological polar surface area (TPSA) is 63.7 Å². The Labute approximate surface area is 128 Å². The lowest BCUT2D eigenvalue weighted by Gasteiger charge is -2.27. The van der Waals surface area contributed by atoms with Crippen LogP contribution >= 0.6 is 10.7 Å². The first-order valence-electron chi connectivity index (χ1n) is 6.84. The summed E-state index contributed by atoms with van der Waals surface area (Å²) in [5.41, 5.74) is 0.256. The average Bonchev–Trinajstić information content (AvgIpc) is 3.07. The number of rotatable bonds is 3. The first-order chi connectivity index (χ1) is 9.90. The molecule has 1 saturated carbocycles. The van der Waals surface area contributed by atoms with Crippen molar-refractivity contribution in [2.75, 3.05) is 13.7 Å². The van der Waals surface area contributed by atoms with Crippen molar-refractivity contribution < 1.29 is 17.9 Å². The van der Waals surface area contributed by atoms with Crippen LogP contribution in [0.2, 0.25) is 0 Å². The second-order valence-electron chi connectivity index (χ2n) is 5.59. The van der Waals surface area contributed by atoms with Crippen LogP contribution in [0.1, 0.15) is 29.6 Å². The molecule has 1 aromatic carbocycles.